The highest BCUT2D eigenvalue weighted by atomic mass is 32.1. The van der Waals surface area contributed by atoms with E-state index in [9.17, 15) is 0 Å². The van der Waals surface area contributed by atoms with Gasteiger partial charge in [0, 0.05) is 17.8 Å². The molecule has 3 fully saturated rings. The Hall–Kier alpha value is -0.440. The summed E-state index contributed by atoms with van der Waals surface area (Å²) in [7, 11) is 0. The fraction of sp³-hybridized carbons (Fsp3) is 0.867. The lowest BCUT2D eigenvalue weighted by atomic mass is 9.85. The van der Waals surface area contributed by atoms with Gasteiger partial charge in [-0.3, -0.25) is 0 Å². The first-order valence-electron chi connectivity index (χ1n) is 7.47. The van der Waals surface area contributed by atoms with Crippen LogP contribution in [0.2, 0.25) is 0 Å². The van der Waals surface area contributed by atoms with Gasteiger partial charge >= 0.3 is 0 Å². The third kappa shape index (κ3) is 1.66. The molecule has 2 nitrogen and oxygen atoms in total. The highest BCUT2D eigenvalue weighted by Crippen LogP contribution is 2.51. The molecule has 1 aliphatic heterocycles. The normalized spacial score (nSPS) is 37.7. The van der Waals surface area contributed by atoms with E-state index < -0.39 is 0 Å². The third-order valence-corrected chi connectivity index (χ3v) is 5.53. The van der Waals surface area contributed by atoms with E-state index in [-0.39, 0.29) is 0 Å². The molecular formula is C15H25N2S+. The molecule has 2 aliphatic carbocycles. The molecule has 0 aromatic heterocycles. The van der Waals surface area contributed by atoms with Gasteiger partial charge < -0.3 is 0 Å². The molecule has 18 heavy (non-hydrogen) atoms. The zero-order valence-electron chi connectivity index (χ0n) is 11.9. The van der Waals surface area contributed by atoms with Crippen LogP contribution in [-0.4, -0.2) is 21.4 Å². The first kappa shape index (κ1) is 12.6. The first-order valence-corrected chi connectivity index (χ1v) is 7.88. The van der Waals surface area contributed by atoms with Crippen molar-refractivity contribution in [2.24, 2.45) is 29.6 Å². The van der Waals surface area contributed by atoms with Crippen molar-refractivity contribution in [3.63, 3.8) is 0 Å². The molecule has 1 N–H and O–H groups in total. The molecule has 3 heteroatoms. The highest BCUT2D eigenvalue weighted by molar-refractivity contribution is 7.80. The average molecular weight is 265 g/mol. The topological polar surface area (TPSA) is 15.0 Å². The summed E-state index contributed by atoms with van der Waals surface area (Å²) in [5, 5.41) is 0. The molecule has 0 amide bonds. The minimum Gasteiger partial charge on any atom is -0.158 e. The van der Waals surface area contributed by atoms with Gasteiger partial charge in [-0.15, -0.1) is 4.68 Å². The summed E-state index contributed by atoms with van der Waals surface area (Å²) < 4.78 is 2.48. The van der Waals surface area contributed by atoms with Crippen molar-refractivity contribution in [2.45, 2.75) is 53.0 Å². The lowest BCUT2D eigenvalue weighted by Crippen LogP contribution is -2.41. The summed E-state index contributed by atoms with van der Waals surface area (Å²) in [6, 6.07) is 0.663. The average Bonchev–Trinajstić information content (AvgIpc) is 2.91. The molecule has 2 bridgehead atoms. The van der Waals surface area contributed by atoms with Gasteiger partial charge in [-0.1, -0.05) is 39.9 Å². The second-order valence-electron chi connectivity index (χ2n) is 6.93. The van der Waals surface area contributed by atoms with Crippen LogP contribution in [0.5, 0.6) is 0 Å². The number of nitrogens with one attached hydrogen (secondary N) is 1. The summed E-state index contributed by atoms with van der Waals surface area (Å²) in [6.45, 7) is 9.22. The summed E-state index contributed by atoms with van der Waals surface area (Å²) in [6.07, 6.45) is 4.23. The quantitative estimate of drug-likeness (QED) is 0.610. The van der Waals surface area contributed by atoms with Crippen LogP contribution in [0.15, 0.2) is 0 Å². The zero-order valence-corrected chi connectivity index (χ0v) is 12.8. The Balaban J connectivity index is 2.03. The van der Waals surface area contributed by atoms with Gasteiger partial charge in [-0.25, -0.2) is 0 Å². The molecule has 0 aromatic carbocycles. The monoisotopic (exact) mass is 265 g/mol. The van der Waals surface area contributed by atoms with Gasteiger partial charge in [-0.2, -0.15) is 5.43 Å². The fourth-order valence-corrected chi connectivity index (χ4v) is 5.16. The number of thiocarbonyl (C=S) groups is 1. The zero-order chi connectivity index (χ0) is 13.0. The van der Waals surface area contributed by atoms with Crippen molar-refractivity contribution < 1.29 is 4.68 Å². The summed E-state index contributed by atoms with van der Waals surface area (Å²) in [5.41, 5.74) is 5.09. The van der Waals surface area contributed by atoms with Crippen LogP contribution in [0.1, 0.15) is 47.0 Å². The number of hydrazine groups is 1. The molecule has 4 atom stereocenters. The molecular weight excluding hydrogens is 240 g/mol. The second-order valence-corrected chi connectivity index (χ2v) is 7.37. The maximum Gasteiger partial charge on any atom is 0.193 e. The molecule has 100 valence electrons. The van der Waals surface area contributed by atoms with Gasteiger partial charge in [0.25, 0.3) is 0 Å². The van der Waals surface area contributed by atoms with Crippen molar-refractivity contribution in [1.82, 2.24) is 5.43 Å². The predicted octanol–water partition coefficient (Wildman–Crippen LogP) is 3.01. The van der Waals surface area contributed by atoms with Crippen molar-refractivity contribution in [3.8, 4) is 0 Å². The van der Waals surface area contributed by atoms with Crippen LogP contribution < -0.4 is 5.43 Å². The van der Waals surface area contributed by atoms with Crippen LogP contribution in [0.3, 0.4) is 0 Å². The van der Waals surface area contributed by atoms with Crippen molar-refractivity contribution in [2.75, 3.05) is 0 Å². The van der Waals surface area contributed by atoms with Gasteiger partial charge in [0.15, 0.2) is 11.8 Å². The van der Waals surface area contributed by atoms with Crippen molar-refractivity contribution >= 4 is 22.9 Å². The van der Waals surface area contributed by atoms with Crippen molar-refractivity contribution in [3.05, 3.63) is 0 Å². The molecule has 2 saturated carbocycles. The van der Waals surface area contributed by atoms with Crippen LogP contribution in [-0.2, 0) is 0 Å². The number of hydrogen-bond donors (Lipinski definition) is 1. The van der Waals surface area contributed by atoms with E-state index in [0.29, 0.717) is 23.8 Å². The smallest absolute Gasteiger partial charge is 0.158 e. The third-order valence-electron chi connectivity index (χ3n) is 5.17. The molecule has 4 unspecified atom stereocenters. The van der Waals surface area contributed by atoms with Gasteiger partial charge in [0.2, 0.25) is 0 Å². The molecule has 0 spiro atoms. The Morgan fingerprint density at radius 3 is 2.39 bits per heavy atom. The minimum atomic E-state index is 0.596. The number of fused-ring (bicyclic) bond motifs is 5. The molecule has 3 aliphatic rings. The van der Waals surface area contributed by atoms with E-state index in [1.165, 1.54) is 25.0 Å². The number of rotatable bonds is 2. The van der Waals surface area contributed by atoms with Gasteiger partial charge in [-0.05, 0) is 25.2 Å². The van der Waals surface area contributed by atoms with Crippen LogP contribution >= 0.6 is 12.2 Å². The van der Waals surface area contributed by atoms with Gasteiger partial charge in [0.1, 0.15) is 4.99 Å². The number of nitrogens with zero attached hydrogens (tertiary/aromatic N) is 1. The largest absolute Gasteiger partial charge is 0.193 e. The summed E-state index contributed by atoms with van der Waals surface area (Å²) in [5.74, 6) is 3.58. The number of hydrogen-bond acceptors (Lipinski definition) is 1. The van der Waals surface area contributed by atoms with E-state index in [1.54, 1.807) is 0 Å². The molecule has 0 aromatic rings. The Bertz CT molecular complexity index is 401. The summed E-state index contributed by atoms with van der Waals surface area (Å²) in [4.78, 5) is 1.12. The van der Waals surface area contributed by atoms with E-state index >= 15 is 0 Å². The minimum absolute atomic E-state index is 0.596. The Kier molecular flexibility index (Phi) is 3.00. The van der Waals surface area contributed by atoms with Crippen LogP contribution in [0, 0.1) is 29.6 Å². The van der Waals surface area contributed by atoms with Gasteiger partial charge in [0.05, 0.1) is 5.92 Å². The maximum absolute atomic E-state index is 5.62. The second kappa shape index (κ2) is 4.29. The maximum atomic E-state index is 5.62. The van der Waals surface area contributed by atoms with E-state index in [0.717, 1.165) is 16.8 Å². The molecule has 1 saturated heterocycles. The predicted molar refractivity (Wildman–Crippen MR) is 78.8 cm³/mol. The van der Waals surface area contributed by atoms with E-state index in [1.807, 2.05) is 0 Å². The highest BCUT2D eigenvalue weighted by Gasteiger charge is 2.60. The Morgan fingerprint density at radius 2 is 1.78 bits per heavy atom. The Morgan fingerprint density at radius 1 is 1.17 bits per heavy atom. The van der Waals surface area contributed by atoms with Crippen LogP contribution in [0.4, 0.5) is 0 Å². The fourth-order valence-electron chi connectivity index (χ4n) is 4.73. The molecule has 1 heterocycles. The summed E-state index contributed by atoms with van der Waals surface area (Å²) >= 11 is 5.62. The van der Waals surface area contributed by atoms with E-state index in [4.69, 9.17) is 12.2 Å². The molecule has 0 radical (unpaired) electrons. The Labute approximate surface area is 116 Å². The molecule has 3 rings (SSSR count). The lowest BCUT2D eigenvalue weighted by Gasteiger charge is -2.21. The van der Waals surface area contributed by atoms with Crippen LogP contribution in [0.25, 0.3) is 0 Å². The van der Waals surface area contributed by atoms with E-state index in [2.05, 4.69) is 37.8 Å². The first-order chi connectivity index (χ1) is 8.50. The SMILES string of the molecule is CC(C)C(C(C)C)=[N+]1NC(=S)C2C3CCC(C3)C21. The standard InChI is InChI=1S/C15H24N2S/c1-8(2)13(9(3)4)17-14-11-6-5-10(7-11)12(14)15(18)16-17/h8-12,14H,5-7H2,1-4H3/p+1. The van der Waals surface area contributed by atoms with Crippen molar-refractivity contribution in [1.29, 1.82) is 0 Å². The lowest BCUT2D eigenvalue weighted by molar-refractivity contribution is -0.605. The number of hydrazone groups is 1.